The molecule has 2 unspecified atom stereocenters. The highest BCUT2D eigenvalue weighted by Crippen LogP contribution is 2.42. The van der Waals surface area contributed by atoms with E-state index in [4.69, 9.17) is 5.73 Å². The van der Waals surface area contributed by atoms with Crippen LogP contribution in [0.5, 0.6) is 0 Å². The normalized spacial score (nSPS) is 16.1. The first-order chi connectivity index (χ1) is 15.3. The van der Waals surface area contributed by atoms with E-state index in [1.165, 1.54) is 0 Å². The van der Waals surface area contributed by atoms with Gasteiger partial charge in [0.2, 0.25) is 11.8 Å². The molecule has 0 saturated heterocycles. The SMILES string of the molecule is C=CCC(CC(=O)N(CC(C)C)C1C(=O)N(C)c2ccccc2-c2ccccc21)C(N)=O. The van der Waals surface area contributed by atoms with Crippen LogP contribution in [-0.2, 0) is 14.4 Å². The van der Waals surface area contributed by atoms with Crippen LogP contribution in [0.1, 0.15) is 38.3 Å². The minimum Gasteiger partial charge on any atom is -0.369 e. The summed E-state index contributed by atoms with van der Waals surface area (Å²) in [6.07, 6.45) is 1.85. The fourth-order valence-corrected chi connectivity index (χ4v) is 4.28. The Kier molecular flexibility index (Phi) is 7.13. The van der Waals surface area contributed by atoms with Crippen LogP contribution in [0.25, 0.3) is 11.1 Å². The van der Waals surface area contributed by atoms with Crippen molar-refractivity contribution >= 4 is 23.4 Å². The van der Waals surface area contributed by atoms with E-state index < -0.39 is 17.9 Å². The molecule has 2 aromatic rings. The minimum absolute atomic E-state index is 0.0588. The molecule has 2 N–H and O–H groups in total. The first-order valence-corrected chi connectivity index (χ1v) is 10.9. The van der Waals surface area contributed by atoms with Gasteiger partial charge < -0.3 is 15.5 Å². The van der Waals surface area contributed by atoms with Gasteiger partial charge in [-0.15, -0.1) is 6.58 Å². The van der Waals surface area contributed by atoms with Crippen LogP contribution in [0.15, 0.2) is 61.2 Å². The van der Waals surface area contributed by atoms with Crippen molar-refractivity contribution in [2.24, 2.45) is 17.6 Å². The van der Waals surface area contributed by atoms with E-state index in [1.54, 1.807) is 22.9 Å². The van der Waals surface area contributed by atoms with Gasteiger partial charge in [-0.25, -0.2) is 0 Å². The number of nitrogens with zero attached hydrogens (tertiary/aromatic N) is 2. The molecule has 3 rings (SSSR count). The first kappa shape index (κ1) is 23.3. The number of hydrogen-bond donors (Lipinski definition) is 1. The molecule has 0 bridgehead atoms. The van der Waals surface area contributed by atoms with Gasteiger partial charge in [0, 0.05) is 31.5 Å². The largest absolute Gasteiger partial charge is 0.369 e. The number of anilines is 1. The zero-order chi connectivity index (χ0) is 23.4. The molecule has 6 nitrogen and oxygen atoms in total. The smallest absolute Gasteiger partial charge is 0.254 e. The number of hydrogen-bond acceptors (Lipinski definition) is 3. The van der Waals surface area contributed by atoms with Gasteiger partial charge in [0.25, 0.3) is 5.91 Å². The molecule has 2 atom stereocenters. The van der Waals surface area contributed by atoms with E-state index in [1.807, 2.05) is 62.4 Å². The van der Waals surface area contributed by atoms with Gasteiger partial charge in [-0.05, 0) is 29.5 Å². The van der Waals surface area contributed by atoms with Gasteiger partial charge in [-0.2, -0.15) is 0 Å². The number of amides is 3. The molecule has 1 aliphatic rings. The molecular weight excluding hydrogens is 402 g/mol. The Hall–Kier alpha value is -3.41. The van der Waals surface area contributed by atoms with Crippen molar-refractivity contribution in [3.05, 3.63) is 66.7 Å². The van der Waals surface area contributed by atoms with Gasteiger partial charge in [-0.1, -0.05) is 62.4 Å². The fraction of sp³-hybridized carbons (Fsp3) is 0.346. The molecular formula is C26H31N3O3. The lowest BCUT2D eigenvalue weighted by Gasteiger charge is -2.34. The van der Waals surface area contributed by atoms with Crippen molar-refractivity contribution < 1.29 is 14.4 Å². The molecule has 0 aliphatic carbocycles. The summed E-state index contributed by atoms with van der Waals surface area (Å²) in [5.41, 5.74) is 8.97. The number of rotatable bonds is 8. The zero-order valence-corrected chi connectivity index (χ0v) is 19.0. The average molecular weight is 434 g/mol. The molecule has 32 heavy (non-hydrogen) atoms. The number of para-hydroxylation sites is 1. The van der Waals surface area contributed by atoms with Crippen LogP contribution in [-0.4, -0.2) is 36.2 Å². The summed E-state index contributed by atoms with van der Waals surface area (Å²) >= 11 is 0. The Morgan fingerprint density at radius 3 is 2.38 bits per heavy atom. The third-order valence-corrected chi connectivity index (χ3v) is 5.84. The molecule has 0 spiro atoms. The Labute approximate surface area is 189 Å². The molecule has 1 aliphatic heterocycles. The van der Waals surface area contributed by atoms with Crippen LogP contribution in [0.2, 0.25) is 0 Å². The molecule has 0 saturated carbocycles. The summed E-state index contributed by atoms with van der Waals surface area (Å²) in [7, 11) is 1.74. The summed E-state index contributed by atoms with van der Waals surface area (Å²) in [5.74, 6) is -1.52. The first-order valence-electron chi connectivity index (χ1n) is 10.9. The zero-order valence-electron chi connectivity index (χ0n) is 19.0. The number of primary amides is 1. The number of allylic oxidation sites excluding steroid dienone is 1. The Balaban J connectivity index is 2.12. The molecule has 1 heterocycles. The maximum atomic E-state index is 13.8. The third-order valence-electron chi connectivity index (χ3n) is 5.84. The van der Waals surface area contributed by atoms with Gasteiger partial charge in [0.1, 0.15) is 6.04 Å². The van der Waals surface area contributed by atoms with Crippen molar-refractivity contribution in [2.75, 3.05) is 18.5 Å². The van der Waals surface area contributed by atoms with Crippen LogP contribution in [0.3, 0.4) is 0 Å². The number of benzene rings is 2. The second-order valence-corrected chi connectivity index (χ2v) is 8.67. The molecule has 0 radical (unpaired) electrons. The Morgan fingerprint density at radius 2 is 1.75 bits per heavy atom. The lowest BCUT2D eigenvalue weighted by Crippen LogP contribution is -2.46. The van der Waals surface area contributed by atoms with Crippen molar-refractivity contribution in [3.63, 3.8) is 0 Å². The standard InChI is InChI=1S/C26H31N3O3/c1-5-10-18(25(27)31)15-23(30)29(16-17(2)3)24-21-13-7-6-11-19(21)20-12-8-9-14-22(20)28(4)26(24)32/h5-9,11-14,17-18,24H,1,10,15-16H2,2-4H3,(H2,27,31). The van der Waals surface area contributed by atoms with Gasteiger partial charge >= 0.3 is 0 Å². The maximum absolute atomic E-state index is 13.8. The van der Waals surface area contributed by atoms with E-state index in [-0.39, 0.29) is 24.2 Å². The number of fused-ring (bicyclic) bond motifs is 3. The van der Waals surface area contributed by atoms with Crippen molar-refractivity contribution in [2.45, 2.75) is 32.7 Å². The third kappa shape index (κ3) is 4.59. The second-order valence-electron chi connectivity index (χ2n) is 8.67. The predicted octanol–water partition coefficient (Wildman–Crippen LogP) is 3.92. The monoisotopic (exact) mass is 433 g/mol. The highest BCUT2D eigenvalue weighted by molar-refractivity contribution is 6.06. The van der Waals surface area contributed by atoms with Crippen molar-refractivity contribution in [1.29, 1.82) is 0 Å². The lowest BCUT2D eigenvalue weighted by atomic mass is 9.93. The highest BCUT2D eigenvalue weighted by atomic mass is 16.2. The van der Waals surface area contributed by atoms with Gasteiger partial charge in [0.15, 0.2) is 0 Å². The van der Waals surface area contributed by atoms with Crippen LogP contribution < -0.4 is 10.6 Å². The van der Waals surface area contributed by atoms with E-state index in [2.05, 4.69) is 6.58 Å². The summed E-state index contributed by atoms with van der Waals surface area (Å²) < 4.78 is 0. The van der Waals surface area contributed by atoms with Crippen LogP contribution in [0, 0.1) is 11.8 Å². The summed E-state index contributed by atoms with van der Waals surface area (Å²) in [4.78, 5) is 42.4. The second kappa shape index (κ2) is 9.81. The van der Waals surface area contributed by atoms with Crippen molar-refractivity contribution in [3.8, 4) is 11.1 Å². The average Bonchev–Trinajstić information content (AvgIpc) is 2.85. The minimum atomic E-state index is -0.796. The maximum Gasteiger partial charge on any atom is 0.254 e. The molecule has 168 valence electrons. The summed E-state index contributed by atoms with van der Waals surface area (Å²) in [6.45, 7) is 8.05. The fourth-order valence-electron chi connectivity index (χ4n) is 4.28. The van der Waals surface area contributed by atoms with Gasteiger partial charge in [0.05, 0.1) is 5.69 Å². The van der Waals surface area contributed by atoms with Crippen LogP contribution in [0.4, 0.5) is 5.69 Å². The van der Waals surface area contributed by atoms with E-state index in [0.717, 1.165) is 22.4 Å². The van der Waals surface area contributed by atoms with Crippen molar-refractivity contribution in [1.82, 2.24) is 4.90 Å². The molecule has 3 amide bonds. The Morgan fingerprint density at radius 1 is 1.12 bits per heavy atom. The molecule has 6 heteroatoms. The van der Waals surface area contributed by atoms with E-state index in [9.17, 15) is 14.4 Å². The summed E-state index contributed by atoms with van der Waals surface area (Å²) in [6, 6.07) is 14.7. The highest BCUT2D eigenvalue weighted by Gasteiger charge is 2.39. The van der Waals surface area contributed by atoms with Crippen LogP contribution >= 0.6 is 0 Å². The number of nitrogens with two attached hydrogens (primary N) is 1. The molecule has 0 fully saturated rings. The topological polar surface area (TPSA) is 83.7 Å². The Bertz CT molecular complexity index is 1030. The van der Waals surface area contributed by atoms with E-state index >= 15 is 0 Å². The quantitative estimate of drug-likeness (QED) is 0.641. The molecule has 2 aromatic carbocycles. The van der Waals surface area contributed by atoms with E-state index in [0.29, 0.717) is 13.0 Å². The molecule has 0 aromatic heterocycles. The number of carbonyl (C=O) groups excluding carboxylic acids is 3. The predicted molar refractivity (Wildman–Crippen MR) is 127 cm³/mol. The number of likely N-dealkylation sites (N-methyl/N-ethyl adjacent to an activating group) is 1. The summed E-state index contributed by atoms with van der Waals surface area (Å²) in [5, 5.41) is 0. The van der Waals surface area contributed by atoms with Gasteiger partial charge in [-0.3, -0.25) is 14.4 Å². The number of carbonyl (C=O) groups is 3. The lowest BCUT2D eigenvalue weighted by molar-refractivity contribution is -0.142.